The maximum atomic E-state index is 11.6. The van der Waals surface area contributed by atoms with Gasteiger partial charge in [0.1, 0.15) is 11.4 Å². The van der Waals surface area contributed by atoms with Gasteiger partial charge in [-0.25, -0.2) is 9.78 Å². The number of methoxy groups -OCH3 is 1. The van der Waals surface area contributed by atoms with E-state index < -0.39 is 0 Å². The van der Waals surface area contributed by atoms with Crippen molar-refractivity contribution in [2.24, 2.45) is 0 Å². The SMILES string of the molecule is COC(=O)c1cccnc1NCCC1=CCNCC1. The quantitative estimate of drug-likeness (QED) is 0.622. The van der Waals surface area contributed by atoms with Crippen molar-refractivity contribution < 1.29 is 9.53 Å². The third kappa shape index (κ3) is 3.79. The molecule has 1 aliphatic heterocycles. The molecule has 0 bridgehead atoms. The maximum absolute atomic E-state index is 11.6. The molecule has 1 aromatic heterocycles. The average Bonchev–Trinajstić information content (AvgIpc) is 2.48. The van der Waals surface area contributed by atoms with Crippen molar-refractivity contribution in [3.63, 3.8) is 0 Å². The summed E-state index contributed by atoms with van der Waals surface area (Å²) < 4.78 is 4.73. The molecule has 0 spiro atoms. The zero-order valence-electron chi connectivity index (χ0n) is 11.1. The second kappa shape index (κ2) is 6.89. The lowest BCUT2D eigenvalue weighted by Crippen LogP contribution is -2.21. The van der Waals surface area contributed by atoms with Crippen LogP contribution in [0.15, 0.2) is 30.0 Å². The molecule has 2 N–H and O–H groups in total. The molecule has 0 fully saturated rings. The highest BCUT2D eigenvalue weighted by molar-refractivity contribution is 5.94. The molecule has 5 nitrogen and oxygen atoms in total. The van der Waals surface area contributed by atoms with Gasteiger partial charge in [0, 0.05) is 19.3 Å². The largest absolute Gasteiger partial charge is 0.465 e. The van der Waals surface area contributed by atoms with Crippen LogP contribution in [0.4, 0.5) is 5.82 Å². The van der Waals surface area contributed by atoms with E-state index in [1.807, 2.05) is 0 Å². The number of anilines is 1. The van der Waals surface area contributed by atoms with Gasteiger partial charge in [0.2, 0.25) is 0 Å². The van der Waals surface area contributed by atoms with Crippen molar-refractivity contribution in [2.75, 3.05) is 32.1 Å². The number of nitrogens with zero attached hydrogens (tertiary/aromatic N) is 1. The summed E-state index contributed by atoms with van der Waals surface area (Å²) in [6, 6.07) is 3.44. The number of hydrogen-bond donors (Lipinski definition) is 2. The Balaban J connectivity index is 1.92. The van der Waals surface area contributed by atoms with Crippen molar-refractivity contribution >= 4 is 11.8 Å². The van der Waals surface area contributed by atoms with Crippen molar-refractivity contribution in [1.82, 2.24) is 10.3 Å². The Bertz CT molecular complexity index is 472. The van der Waals surface area contributed by atoms with Gasteiger partial charge in [0.25, 0.3) is 0 Å². The molecular formula is C14H19N3O2. The van der Waals surface area contributed by atoms with Crippen LogP contribution in [0.5, 0.6) is 0 Å². The standard InChI is InChI=1S/C14H19N3O2/c1-19-14(18)12-3-2-7-16-13(12)17-10-6-11-4-8-15-9-5-11/h2-4,7,15H,5-6,8-10H2,1H3,(H,16,17). The van der Waals surface area contributed by atoms with E-state index in [0.29, 0.717) is 11.4 Å². The smallest absolute Gasteiger partial charge is 0.341 e. The van der Waals surface area contributed by atoms with E-state index in [1.54, 1.807) is 18.3 Å². The predicted molar refractivity (Wildman–Crippen MR) is 74.3 cm³/mol. The highest BCUT2D eigenvalue weighted by Crippen LogP contribution is 2.14. The Morgan fingerprint density at radius 1 is 1.58 bits per heavy atom. The van der Waals surface area contributed by atoms with Gasteiger partial charge in [-0.05, 0) is 31.5 Å². The molecule has 2 rings (SSSR count). The number of carbonyl (C=O) groups excluding carboxylic acids is 1. The van der Waals surface area contributed by atoms with E-state index in [4.69, 9.17) is 4.74 Å². The number of pyridine rings is 1. The summed E-state index contributed by atoms with van der Waals surface area (Å²) in [5.41, 5.74) is 1.92. The molecule has 19 heavy (non-hydrogen) atoms. The van der Waals surface area contributed by atoms with Crippen LogP contribution in [0, 0.1) is 0 Å². The fraction of sp³-hybridized carbons (Fsp3) is 0.429. The first kappa shape index (κ1) is 13.5. The first-order chi connectivity index (χ1) is 9.31. The summed E-state index contributed by atoms with van der Waals surface area (Å²) in [5, 5.41) is 6.49. The van der Waals surface area contributed by atoms with Crippen LogP contribution in [-0.2, 0) is 4.74 Å². The molecule has 0 unspecified atom stereocenters. The Labute approximate surface area is 113 Å². The molecule has 102 valence electrons. The fourth-order valence-corrected chi connectivity index (χ4v) is 2.06. The summed E-state index contributed by atoms with van der Waals surface area (Å²) in [4.78, 5) is 15.8. The molecule has 0 radical (unpaired) electrons. The molecule has 1 aromatic rings. The minimum atomic E-state index is -0.364. The number of hydrogen-bond acceptors (Lipinski definition) is 5. The second-order valence-corrected chi connectivity index (χ2v) is 4.38. The first-order valence-electron chi connectivity index (χ1n) is 6.47. The number of rotatable bonds is 5. The Morgan fingerprint density at radius 2 is 2.47 bits per heavy atom. The van der Waals surface area contributed by atoms with Crippen molar-refractivity contribution in [3.05, 3.63) is 35.5 Å². The molecule has 0 saturated heterocycles. The third-order valence-corrected chi connectivity index (χ3v) is 3.11. The van der Waals surface area contributed by atoms with Gasteiger partial charge in [0.05, 0.1) is 7.11 Å². The summed E-state index contributed by atoms with van der Waals surface area (Å²) in [6.45, 7) is 2.77. The second-order valence-electron chi connectivity index (χ2n) is 4.38. The fourth-order valence-electron chi connectivity index (χ4n) is 2.06. The lowest BCUT2D eigenvalue weighted by molar-refractivity contribution is 0.0601. The maximum Gasteiger partial charge on any atom is 0.341 e. The highest BCUT2D eigenvalue weighted by atomic mass is 16.5. The number of ether oxygens (including phenoxy) is 1. The van der Waals surface area contributed by atoms with E-state index in [-0.39, 0.29) is 5.97 Å². The van der Waals surface area contributed by atoms with Crippen molar-refractivity contribution in [2.45, 2.75) is 12.8 Å². The normalized spacial score (nSPS) is 14.7. The molecular weight excluding hydrogens is 242 g/mol. The summed E-state index contributed by atoms with van der Waals surface area (Å²) in [5.74, 6) is 0.223. The van der Waals surface area contributed by atoms with Crippen LogP contribution >= 0.6 is 0 Å². The van der Waals surface area contributed by atoms with Crippen LogP contribution in [0.25, 0.3) is 0 Å². The monoisotopic (exact) mass is 261 g/mol. The Kier molecular flexibility index (Phi) is 4.92. The zero-order chi connectivity index (χ0) is 13.5. The van der Waals surface area contributed by atoms with E-state index in [2.05, 4.69) is 21.7 Å². The van der Waals surface area contributed by atoms with Gasteiger partial charge in [-0.3, -0.25) is 0 Å². The number of aromatic nitrogens is 1. The number of carbonyl (C=O) groups is 1. The average molecular weight is 261 g/mol. The van der Waals surface area contributed by atoms with Crippen LogP contribution in [-0.4, -0.2) is 37.7 Å². The predicted octanol–water partition coefficient (Wildman–Crippen LogP) is 1.59. The van der Waals surface area contributed by atoms with Gasteiger partial charge < -0.3 is 15.4 Å². The van der Waals surface area contributed by atoms with E-state index in [0.717, 1.165) is 32.5 Å². The minimum Gasteiger partial charge on any atom is -0.465 e. The van der Waals surface area contributed by atoms with Crippen LogP contribution in [0.1, 0.15) is 23.2 Å². The Hall–Kier alpha value is -1.88. The molecule has 0 amide bonds. The van der Waals surface area contributed by atoms with E-state index >= 15 is 0 Å². The van der Waals surface area contributed by atoms with Crippen LogP contribution in [0.3, 0.4) is 0 Å². The lowest BCUT2D eigenvalue weighted by Gasteiger charge is -2.15. The lowest BCUT2D eigenvalue weighted by atomic mass is 10.1. The number of esters is 1. The summed E-state index contributed by atoms with van der Waals surface area (Å²) >= 11 is 0. The van der Waals surface area contributed by atoms with Crippen molar-refractivity contribution in [3.8, 4) is 0 Å². The molecule has 0 aromatic carbocycles. The minimum absolute atomic E-state index is 0.364. The molecule has 1 aliphatic rings. The summed E-state index contributed by atoms with van der Waals surface area (Å²) in [6.07, 6.45) is 5.95. The number of nitrogens with one attached hydrogen (secondary N) is 2. The van der Waals surface area contributed by atoms with Gasteiger partial charge in [0.15, 0.2) is 0 Å². The van der Waals surface area contributed by atoms with Crippen LogP contribution < -0.4 is 10.6 Å². The molecule has 0 aliphatic carbocycles. The van der Waals surface area contributed by atoms with E-state index in [9.17, 15) is 4.79 Å². The third-order valence-electron chi connectivity index (χ3n) is 3.11. The van der Waals surface area contributed by atoms with Gasteiger partial charge >= 0.3 is 5.97 Å². The van der Waals surface area contributed by atoms with Crippen molar-refractivity contribution in [1.29, 1.82) is 0 Å². The molecule has 0 atom stereocenters. The van der Waals surface area contributed by atoms with E-state index in [1.165, 1.54) is 12.7 Å². The highest BCUT2D eigenvalue weighted by Gasteiger charge is 2.12. The molecule has 0 saturated carbocycles. The Morgan fingerprint density at radius 3 is 3.21 bits per heavy atom. The molecule has 2 heterocycles. The van der Waals surface area contributed by atoms with Gasteiger partial charge in [-0.1, -0.05) is 11.6 Å². The summed E-state index contributed by atoms with van der Waals surface area (Å²) in [7, 11) is 1.37. The van der Waals surface area contributed by atoms with Gasteiger partial charge in [-0.2, -0.15) is 0 Å². The first-order valence-corrected chi connectivity index (χ1v) is 6.47. The zero-order valence-corrected chi connectivity index (χ0v) is 11.1. The van der Waals surface area contributed by atoms with Crippen LogP contribution in [0.2, 0.25) is 0 Å². The topological polar surface area (TPSA) is 63.2 Å². The van der Waals surface area contributed by atoms with Gasteiger partial charge in [-0.15, -0.1) is 0 Å². The molecule has 5 heteroatoms.